The van der Waals surface area contributed by atoms with Crippen molar-refractivity contribution in [1.29, 1.82) is 0 Å². The molecule has 0 spiro atoms. The highest BCUT2D eigenvalue weighted by Crippen LogP contribution is 2.46. The molecule has 1 saturated heterocycles. The molecule has 3 fully saturated rings. The van der Waals surface area contributed by atoms with Crippen LogP contribution in [0, 0.1) is 12.8 Å². The van der Waals surface area contributed by atoms with Gasteiger partial charge in [0.05, 0.1) is 35.9 Å². The van der Waals surface area contributed by atoms with E-state index in [1.54, 1.807) is 7.11 Å². The highest BCUT2D eigenvalue weighted by Gasteiger charge is 2.62. The van der Waals surface area contributed by atoms with Gasteiger partial charge in [-0.15, -0.1) is 11.3 Å². The van der Waals surface area contributed by atoms with Crippen molar-refractivity contribution in [2.24, 2.45) is 5.92 Å². The second kappa shape index (κ2) is 14.6. The minimum atomic E-state index is -3.92. The summed E-state index contributed by atoms with van der Waals surface area (Å²) < 4.78 is 69.2. The zero-order valence-electron chi connectivity index (χ0n) is 30.5. The van der Waals surface area contributed by atoms with Crippen molar-refractivity contribution in [3.05, 3.63) is 47.0 Å². The maximum absolute atomic E-state index is 14.2. The first-order chi connectivity index (χ1) is 25.2. The third-order valence-corrected chi connectivity index (χ3v) is 15.4. The Bertz CT molecular complexity index is 2160. The number of pyridine rings is 1. The normalized spacial score (nSPS) is 27.2. The van der Waals surface area contributed by atoms with Crippen LogP contribution in [0.3, 0.4) is 0 Å². The number of amides is 2. The molecule has 2 saturated carbocycles. The van der Waals surface area contributed by atoms with E-state index in [0.29, 0.717) is 52.4 Å². The molecule has 0 bridgehead atoms. The van der Waals surface area contributed by atoms with Gasteiger partial charge in [-0.1, -0.05) is 38.8 Å². The molecule has 7 rings (SSSR count). The van der Waals surface area contributed by atoms with Crippen LogP contribution in [0.15, 0.2) is 35.7 Å². The number of aryl methyl sites for hydroxylation is 1. The molecular formula is C37H47N5O8S3. The summed E-state index contributed by atoms with van der Waals surface area (Å²) in [5.74, 6) is -0.650. The molecule has 4 heterocycles. The van der Waals surface area contributed by atoms with Crippen molar-refractivity contribution >= 4 is 54.1 Å². The van der Waals surface area contributed by atoms with Crippen LogP contribution in [-0.4, -0.2) is 85.3 Å². The molecule has 2 N–H and O–H groups in total. The van der Waals surface area contributed by atoms with Crippen molar-refractivity contribution < 1.29 is 35.9 Å². The van der Waals surface area contributed by atoms with Crippen molar-refractivity contribution in [3.63, 3.8) is 0 Å². The average Bonchev–Trinajstić information content (AvgIpc) is 3.98. The number of benzene rings is 1. The van der Waals surface area contributed by atoms with E-state index < -0.39 is 60.7 Å². The van der Waals surface area contributed by atoms with E-state index in [9.17, 15) is 26.4 Å². The van der Waals surface area contributed by atoms with Gasteiger partial charge in [0.15, 0.2) is 0 Å². The zero-order chi connectivity index (χ0) is 37.7. The molecule has 2 aliphatic heterocycles. The Hall–Kier alpha value is -3.60. The summed E-state index contributed by atoms with van der Waals surface area (Å²) in [7, 11) is -6.21. The SMILES string of the molecule is COc1ccc2c(OC3C[C@H]4C(=O)N[C@]5(C(=O)NS(=O)(=O)C6CC6)C[C@H]5/C=C\CCCCCCS(=O)(=O)N4C3)cc(-c3nc(C(C)C)cs3)nc2c1C. The maximum atomic E-state index is 14.2. The first-order valence-corrected chi connectivity index (χ1v) is 22.4. The van der Waals surface area contributed by atoms with Crippen molar-refractivity contribution in [2.45, 2.75) is 107 Å². The van der Waals surface area contributed by atoms with Crippen LogP contribution in [0.25, 0.3) is 21.6 Å². The fraction of sp³-hybridized carbons (Fsp3) is 0.568. The summed E-state index contributed by atoms with van der Waals surface area (Å²) in [6.07, 6.45) is 7.88. The Labute approximate surface area is 315 Å². The predicted octanol–water partition coefficient (Wildman–Crippen LogP) is 4.95. The number of ether oxygens (including phenoxy) is 2. The molecule has 2 amide bonds. The number of allylic oxidation sites excluding steroid dienone is 1. The molecule has 2 aliphatic carbocycles. The standard InChI is InChI=1S/C37H47N5O8S3/c1-22(2)29-21-51-35(39-29)28-18-32(27-14-15-31(49-4)23(3)33(27)38-28)50-25-17-30-34(43)40-37(36(44)41-53(47,48)26-12-13-26)19-24(37)11-9-7-5-6-8-10-16-52(45,46)42(30)20-25/h9,11,14-15,18,21-22,24-26,30H,5-8,10,12-13,16-17,19-20H2,1-4H3,(H,40,43)(H,41,44)/b11-9-/t24-,25?,30+,37-/m1/s1. The molecule has 1 aromatic carbocycles. The van der Waals surface area contributed by atoms with E-state index in [1.165, 1.54) is 15.6 Å². The summed E-state index contributed by atoms with van der Waals surface area (Å²) in [4.78, 5) is 37.7. The van der Waals surface area contributed by atoms with Gasteiger partial charge >= 0.3 is 0 Å². The molecule has 2 aromatic heterocycles. The number of nitrogens with zero attached hydrogens (tertiary/aromatic N) is 3. The zero-order valence-corrected chi connectivity index (χ0v) is 32.9. The number of carbonyl (C=O) groups is 2. The molecule has 3 aromatic rings. The number of thiazole rings is 1. The smallest absolute Gasteiger partial charge is 0.259 e. The van der Waals surface area contributed by atoms with E-state index in [1.807, 2.05) is 42.7 Å². The molecule has 0 radical (unpaired) electrons. The van der Waals surface area contributed by atoms with Crippen molar-refractivity contribution in [1.82, 2.24) is 24.3 Å². The van der Waals surface area contributed by atoms with Crippen LogP contribution in [-0.2, 0) is 29.6 Å². The Morgan fingerprint density at radius 1 is 1.13 bits per heavy atom. The van der Waals surface area contributed by atoms with Gasteiger partial charge in [0.2, 0.25) is 26.0 Å². The summed E-state index contributed by atoms with van der Waals surface area (Å²) in [6, 6.07) is 4.32. The third kappa shape index (κ3) is 7.69. The topological polar surface area (TPSA) is 174 Å². The van der Waals surface area contributed by atoms with E-state index in [0.717, 1.165) is 36.9 Å². The van der Waals surface area contributed by atoms with E-state index in [2.05, 4.69) is 23.9 Å². The molecule has 4 aliphatic rings. The van der Waals surface area contributed by atoms with Gasteiger partial charge in [0, 0.05) is 34.7 Å². The molecule has 16 heteroatoms. The van der Waals surface area contributed by atoms with Crippen LogP contribution >= 0.6 is 11.3 Å². The number of rotatable bonds is 8. The average molecular weight is 786 g/mol. The van der Waals surface area contributed by atoms with Crippen molar-refractivity contribution in [3.8, 4) is 22.2 Å². The number of nitrogens with one attached hydrogen (secondary N) is 2. The van der Waals surface area contributed by atoms with Gasteiger partial charge in [0.25, 0.3) is 5.91 Å². The van der Waals surface area contributed by atoms with Crippen LogP contribution < -0.4 is 19.5 Å². The van der Waals surface area contributed by atoms with Crippen LogP contribution in [0.2, 0.25) is 0 Å². The molecule has 4 atom stereocenters. The molecule has 53 heavy (non-hydrogen) atoms. The first-order valence-electron chi connectivity index (χ1n) is 18.4. The van der Waals surface area contributed by atoms with Crippen LogP contribution in [0.5, 0.6) is 11.5 Å². The Balaban J connectivity index is 1.22. The lowest BCUT2D eigenvalue weighted by molar-refractivity contribution is -0.131. The summed E-state index contributed by atoms with van der Waals surface area (Å²) in [5.41, 5.74) is 1.50. The number of fused-ring (bicyclic) bond motifs is 3. The molecule has 1 unspecified atom stereocenters. The van der Waals surface area contributed by atoms with Crippen LogP contribution in [0.4, 0.5) is 0 Å². The quantitative estimate of drug-likeness (QED) is 0.298. The first kappa shape index (κ1) is 37.7. The fourth-order valence-electron chi connectivity index (χ4n) is 7.30. The van der Waals surface area contributed by atoms with Gasteiger partial charge in [-0.25, -0.2) is 26.8 Å². The lowest BCUT2D eigenvalue weighted by atomic mass is 10.1. The highest BCUT2D eigenvalue weighted by molar-refractivity contribution is 7.91. The van der Waals surface area contributed by atoms with Gasteiger partial charge in [-0.2, -0.15) is 4.31 Å². The van der Waals surface area contributed by atoms with Crippen LogP contribution in [0.1, 0.15) is 88.8 Å². The molecule has 286 valence electrons. The van der Waals surface area contributed by atoms with Gasteiger partial charge < -0.3 is 14.8 Å². The minimum Gasteiger partial charge on any atom is -0.496 e. The highest BCUT2D eigenvalue weighted by atomic mass is 32.2. The summed E-state index contributed by atoms with van der Waals surface area (Å²) in [6.45, 7) is 5.97. The number of hydrogen-bond donors (Lipinski definition) is 2. The van der Waals surface area contributed by atoms with E-state index in [-0.39, 0.29) is 31.1 Å². The summed E-state index contributed by atoms with van der Waals surface area (Å²) in [5, 5.41) is 5.64. The lowest BCUT2D eigenvalue weighted by Gasteiger charge is -2.26. The number of sulfonamides is 2. The Kier molecular flexibility index (Phi) is 10.4. The number of aromatic nitrogens is 2. The largest absolute Gasteiger partial charge is 0.496 e. The Morgan fingerprint density at radius 3 is 2.62 bits per heavy atom. The fourth-order valence-corrected chi connectivity index (χ4v) is 11.4. The number of hydrogen-bond acceptors (Lipinski definition) is 11. The Morgan fingerprint density at radius 2 is 1.91 bits per heavy atom. The third-order valence-electron chi connectivity index (χ3n) is 10.7. The number of methoxy groups -OCH3 is 1. The summed E-state index contributed by atoms with van der Waals surface area (Å²) >= 11 is 1.48. The molecular weight excluding hydrogens is 739 g/mol. The number of carbonyl (C=O) groups excluding carboxylic acids is 2. The monoisotopic (exact) mass is 785 g/mol. The van der Waals surface area contributed by atoms with E-state index >= 15 is 0 Å². The second-order valence-electron chi connectivity index (χ2n) is 15.0. The van der Waals surface area contributed by atoms with Gasteiger partial charge in [-0.3, -0.25) is 14.3 Å². The van der Waals surface area contributed by atoms with Gasteiger partial charge in [0.1, 0.15) is 39.9 Å². The van der Waals surface area contributed by atoms with Gasteiger partial charge in [-0.05, 0) is 63.5 Å². The minimum absolute atomic E-state index is 0.0205. The van der Waals surface area contributed by atoms with Crippen molar-refractivity contribution in [2.75, 3.05) is 19.4 Å². The predicted molar refractivity (Wildman–Crippen MR) is 203 cm³/mol. The maximum Gasteiger partial charge on any atom is 0.259 e. The molecule has 13 nitrogen and oxygen atoms in total. The van der Waals surface area contributed by atoms with E-state index in [4.69, 9.17) is 19.4 Å². The second-order valence-corrected chi connectivity index (χ2v) is 19.8. The lowest BCUT2D eigenvalue weighted by Crippen LogP contribution is -2.56.